The summed E-state index contributed by atoms with van der Waals surface area (Å²) in [6, 6.07) is 8.19. The minimum absolute atomic E-state index is 0.837. The van der Waals surface area contributed by atoms with E-state index < -0.39 is 0 Å². The Balaban J connectivity index is 2.50. The maximum absolute atomic E-state index is 5.69. The standard InChI is InChI=1S/C14H25N3/c1-4-9-17(11-10-16(2)3)12-13-5-7-14(15)8-6-13/h5-8H,4,9-12,15H2,1-3H3. The minimum atomic E-state index is 0.837. The van der Waals surface area contributed by atoms with Crippen LogP contribution in [-0.2, 0) is 6.54 Å². The van der Waals surface area contributed by atoms with Crippen molar-refractivity contribution in [3.8, 4) is 0 Å². The second-order valence-corrected chi connectivity index (χ2v) is 4.82. The van der Waals surface area contributed by atoms with E-state index in [1.54, 1.807) is 0 Å². The molecule has 3 nitrogen and oxygen atoms in total. The molecule has 0 heterocycles. The van der Waals surface area contributed by atoms with Gasteiger partial charge in [0.05, 0.1) is 0 Å². The Morgan fingerprint density at radius 2 is 1.65 bits per heavy atom. The molecule has 17 heavy (non-hydrogen) atoms. The van der Waals surface area contributed by atoms with Gasteiger partial charge in [0.15, 0.2) is 0 Å². The molecule has 3 heteroatoms. The molecule has 0 unspecified atom stereocenters. The molecular formula is C14H25N3. The molecule has 1 aromatic carbocycles. The van der Waals surface area contributed by atoms with E-state index in [9.17, 15) is 0 Å². The smallest absolute Gasteiger partial charge is 0.0314 e. The van der Waals surface area contributed by atoms with Gasteiger partial charge in [0.2, 0.25) is 0 Å². The molecule has 2 N–H and O–H groups in total. The summed E-state index contributed by atoms with van der Waals surface area (Å²) in [7, 11) is 4.24. The van der Waals surface area contributed by atoms with Gasteiger partial charge in [-0.05, 0) is 44.8 Å². The Kier molecular flexibility index (Phi) is 6.01. The minimum Gasteiger partial charge on any atom is -0.399 e. The lowest BCUT2D eigenvalue weighted by molar-refractivity contribution is 0.234. The number of nitrogens with two attached hydrogens (primary N) is 1. The van der Waals surface area contributed by atoms with Crippen molar-refractivity contribution in [3.05, 3.63) is 29.8 Å². The zero-order chi connectivity index (χ0) is 12.7. The monoisotopic (exact) mass is 235 g/mol. The molecule has 0 atom stereocenters. The van der Waals surface area contributed by atoms with Crippen LogP contribution in [0, 0.1) is 0 Å². The van der Waals surface area contributed by atoms with E-state index in [2.05, 4.69) is 43.0 Å². The first kappa shape index (κ1) is 14.0. The predicted molar refractivity (Wildman–Crippen MR) is 75.0 cm³/mol. The van der Waals surface area contributed by atoms with E-state index in [1.165, 1.54) is 12.0 Å². The van der Waals surface area contributed by atoms with Gasteiger partial charge in [0.25, 0.3) is 0 Å². The van der Waals surface area contributed by atoms with Crippen LogP contribution in [0.25, 0.3) is 0 Å². The number of hydrogen-bond donors (Lipinski definition) is 1. The molecular weight excluding hydrogens is 210 g/mol. The number of nitrogen functional groups attached to an aromatic ring is 1. The summed E-state index contributed by atoms with van der Waals surface area (Å²) in [6.45, 7) is 6.62. The maximum atomic E-state index is 5.69. The fraction of sp³-hybridized carbons (Fsp3) is 0.571. The molecule has 0 aliphatic carbocycles. The Hall–Kier alpha value is -1.06. The van der Waals surface area contributed by atoms with Gasteiger partial charge >= 0.3 is 0 Å². The third-order valence-corrected chi connectivity index (χ3v) is 2.79. The topological polar surface area (TPSA) is 32.5 Å². The van der Waals surface area contributed by atoms with Crippen molar-refractivity contribution in [2.45, 2.75) is 19.9 Å². The van der Waals surface area contributed by atoms with Crippen LogP contribution in [0.2, 0.25) is 0 Å². The molecule has 1 aromatic rings. The first-order chi connectivity index (χ1) is 8.11. The van der Waals surface area contributed by atoms with Crippen molar-refractivity contribution in [2.75, 3.05) is 39.5 Å². The molecule has 0 aliphatic rings. The lowest BCUT2D eigenvalue weighted by Crippen LogP contribution is -2.32. The highest BCUT2D eigenvalue weighted by atomic mass is 15.2. The fourth-order valence-corrected chi connectivity index (χ4v) is 1.81. The van der Waals surface area contributed by atoms with Gasteiger partial charge in [0.1, 0.15) is 0 Å². The number of anilines is 1. The van der Waals surface area contributed by atoms with Crippen LogP contribution < -0.4 is 5.73 Å². The van der Waals surface area contributed by atoms with Crippen LogP contribution in [0.1, 0.15) is 18.9 Å². The normalized spacial score (nSPS) is 11.4. The van der Waals surface area contributed by atoms with Gasteiger partial charge in [0, 0.05) is 25.3 Å². The largest absolute Gasteiger partial charge is 0.399 e. The summed E-state index contributed by atoms with van der Waals surface area (Å²) >= 11 is 0. The van der Waals surface area contributed by atoms with E-state index in [4.69, 9.17) is 5.73 Å². The van der Waals surface area contributed by atoms with Crippen LogP contribution in [0.5, 0.6) is 0 Å². The average Bonchev–Trinajstić information content (AvgIpc) is 2.29. The second-order valence-electron chi connectivity index (χ2n) is 4.82. The predicted octanol–water partition coefficient (Wildman–Crippen LogP) is 2.04. The second kappa shape index (κ2) is 7.30. The van der Waals surface area contributed by atoms with Crippen LogP contribution in [0.15, 0.2) is 24.3 Å². The van der Waals surface area contributed by atoms with Gasteiger partial charge in [-0.1, -0.05) is 19.1 Å². The molecule has 0 saturated heterocycles. The summed E-state index contributed by atoms with van der Waals surface area (Å²) in [5.41, 5.74) is 7.87. The highest BCUT2D eigenvalue weighted by Gasteiger charge is 2.05. The van der Waals surface area contributed by atoms with Crippen LogP contribution in [0.4, 0.5) is 5.69 Å². The Morgan fingerprint density at radius 3 is 2.18 bits per heavy atom. The van der Waals surface area contributed by atoms with Crippen LogP contribution >= 0.6 is 0 Å². The van der Waals surface area contributed by atoms with Crippen molar-refractivity contribution >= 4 is 5.69 Å². The van der Waals surface area contributed by atoms with E-state index >= 15 is 0 Å². The lowest BCUT2D eigenvalue weighted by Gasteiger charge is -2.23. The van der Waals surface area contributed by atoms with E-state index in [0.29, 0.717) is 0 Å². The van der Waals surface area contributed by atoms with Crippen molar-refractivity contribution < 1.29 is 0 Å². The third kappa shape index (κ3) is 5.71. The van der Waals surface area contributed by atoms with Crippen molar-refractivity contribution in [2.24, 2.45) is 0 Å². The number of hydrogen-bond acceptors (Lipinski definition) is 3. The summed E-state index contributed by atoms with van der Waals surface area (Å²) in [6.07, 6.45) is 1.20. The molecule has 0 radical (unpaired) electrons. The molecule has 96 valence electrons. The van der Waals surface area contributed by atoms with Crippen LogP contribution in [0.3, 0.4) is 0 Å². The first-order valence-electron chi connectivity index (χ1n) is 6.33. The maximum Gasteiger partial charge on any atom is 0.0314 e. The van der Waals surface area contributed by atoms with Gasteiger partial charge in [-0.3, -0.25) is 4.90 Å². The Morgan fingerprint density at radius 1 is 1.00 bits per heavy atom. The zero-order valence-corrected chi connectivity index (χ0v) is 11.3. The lowest BCUT2D eigenvalue weighted by atomic mass is 10.2. The molecule has 0 fully saturated rings. The molecule has 1 rings (SSSR count). The number of likely N-dealkylation sites (N-methyl/N-ethyl adjacent to an activating group) is 1. The van der Waals surface area contributed by atoms with Gasteiger partial charge < -0.3 is 10.6 Å². The number of nitrogens with zero attached hydrogens (tertiary/aromatic N) is 2. The Bertz CT molecular complexity index is 306. The van der Waals surface area contributed by atoms with Crippen LogP contribution in [-0.4, -0.2) is 43.5 Å². The fourth-order valence-electron chi connectivity index (χ4n) is 1.81. The summed E-state index contributed by atoms with van der Waals surface area (Å²) in [5, 5.41) is 0. The van der Waals surface area contributed by atoms with Crippen molar-refractivity contribution in [3.63, 3.8) is 0 Å². The number of rotatable bonds is 7. The number of benzene rings is 1. The molecule has 0 aromatic heterocycles. The molecule has 0 bridgehead atoms. The summed E-state index contributed by atoms with van der Waals surface area (Å²) in [4.78, 5) is 4.72. The molecule has 0 amide bonds. The van der Waals surface area contributed by atoms with E-state index in [0.717, 1.165) is 31.9 Å². The summed E-state index contributed by atoms with van der Waals surface area (Å²) < 4.78 is 0. The SMILES string of the molecule is CCCN(CCN(C)C)Cc1ccc(N)cc1. The highest BCUT2D eigenvalue weighted by Crippen LogP contribution is 2.08. The third-order valence-electron chi connectivity index (χ3n) is 2.79. The van der Waals surface area contributed by atoms with E-state index in [-0.39, 0.29) is 0 Å². The quantitative estimate of drug-likeness (QED) is 0.734. The first-order valence-corrected chi connectivity index (χ1v) is 6.33. The van der Waals surface area contributed by atoms with Gasteiger partial charge in [-0.2, -0.15) is 0 Å². The van der Waals surface area contributed by atoms with E-state index in [1.807, 2.05) is 12.1 Å². The highest BCUT2D eigenvalue weighted by molar-refractivity contribution is 5.39. The average molecular weight is 235 g/mol. The molecule has 0 aliphatic heterocycles. The molecule has 0 saturated carbocycles. The zero-order valence-electron chi connectivity index (χ0n) is 11.3. The summed E-state index contributed by atoms with van der Waals surface area (Å²) in [5.74, 6) is 0. The van der Waals surface area contributed by atoms with Gasteiger partial charge in [-0.25, -0.2) is 0 Å². The van der Waals surface area contributed by atoms with Crippen molar-refractivity contribution in [1.82, 2.24) is 9.80 Å². The van der Waals surface area contributed by atoms with Crippen molar-refractivity contribution in [1.29, 1.82) is 0 Å². The Labute approximate surface area is 105 Å². The molecule has 0 spiro atoms. The van der Waals surface area contributed by atoms with Gasteiger partial charge in [-0.15, -0.1) is 0 Å².